The Bertz CT molecular complexity index is 746. The zero-order chi connectivity index (χ0) is 17.1. The molecule has 0 atom stereocenters. The van der Waals surface area contributed by atoms with Crippen LogP contribution in [0.25, 0.3) is 0 Å². The largest absolute Gasteiger partial charge is 0.336 e. The maximum atomic E-state index is 13.7. The van der Waals surface area contributed by atoms with Crippen LogP contribution in [-0.4, -0.2) is 41.9 Å². The summed E-state index contributed by atoms with van der Waals surface area (Å²) in [6.07, 6.45) is 0. The van der Waals surface area contributed by atoms with Gasteiger partial charge in [0.1, 0.15) is 11.6 Å². The highest BCUT2D eigenvalue weighted by molar-refractivity contribution is 6.33. The Hall–Kier alpha value is -1.98. The van der Waals surface area contributed by atoms with Crippen LogP contribution in [0.3, 0.4) is 0 Å². The van der Waals surface area contributed by atoms with Gasteiger partial charge in [-0.05, 0) is 24.3 Å². The summed E-state index contributed by atoms with van der Waals surface area (Å²) < 4.78 is 26.8. The highest BCUT2D eigenvalue weighted by Gasteiger charge is 2.24. The molecule has 1 heterocycles. The number of carbonyl (C=O) groups is 1. The second kappa shape index (κ2) is 7.28. The first-order valence-electron chi connectivity index (χ1n) is 7.74. The van der Waals surface area contributed by atoms with E-state index >= 15 is 0 Å². The van der Waals surface area contributed by atoms with Gasteiger partial charge in [0.05, 0.1) is 10.6 Å². The molecule has 1 saturated heterocycles. The number of hydrogen-bond acceptors (Lipinski definition) is 2. The Labute approximate surface area is 144 Å². The summed E-state index contributed by atoms with van der Waals surface area (Å²) in [5, 5.41) is 0.119. The third-order valence-electron chi connectivity index (χ3n) is 4.17. The fourth-order valence-corrected chi connectivity index (χ4v) is 3.06. The van der Waals surface area contributed by atoms with Gasteiger partial charge in [-0.15, -0.1) is 0 Å². The Kier molecular flexibility index (Phi) is 5.11. The van der Waals surface area contributed by atoms with E-state index in [4.69, 9.17) is 11.6 Å². The fraction of sp³-hybridized carbons (Fsp3) is 0.278. The SMILES string of the molecule is O=C(c1ccc(F)cc1Cl)N1CCN(Cc2ccccc2F)CC1. The van der Waals surface area contributed by atoms with E-state index in [-0.39, 0.29) is 16.7 Å². The molecule has 3 rings (SSSR count). The van der Waals surface area contributed by atoms with Crippen molar-refractivity contribution in [2.75, 3.05) is 26.2 Å². The fourth-order valence-electron chi connectivity index (χ4n) is 2.81. The molecule has 0 saturated carbocycles. The second-order valence-corrected chi connectivity index (χ2v) is 6.19. The van der Waals surface area contributed by atoms with E-state index in [9.17, 15) is 13.6 Å². The van der Waals surface area contributed by atoms with Crippen LogP contribution >= 0.6 is 11.6 Å². The second-order valence-electron chi connectivity index (χ2n) is 5.78. The molecule has 1 amide bonds. The number of halogens is 3. The third-order valence-corrected chi connectivity index (χ3v) is 4.49. The highest BCUT2D eigenvalue weighted by Crippen LogP contribution is 2.20. The van der Waals surface area contributed by atoms with Gasteiger partial charge in [0, 0.05) is 38.3 Å². The van der Waals surface area contributed by atoms with Crippen LogP contribution in [0, 0.1) is 11.6 Å². The van der Waals surface area contributed by atoms with Crippen molar-refractivity contribution in [3.8, 4) is 0 Å². The van der Waals surface area contributed by atoms with E-state index in [1.165, 1.54) is 18.2 Å². The van der Waals surface area contributed by atoms with Crippen molar-refractivity contribution in [1.82, 2.24) is 9.80 Å². The van der Waals surface area contributed by atoms with Crippen LogP contribution in [0.2, 0.25) is 5.02 Å². The summed E-state index contributed by atoms with van der Waals surface area (Å²) in [5.41, 5.74) is 0.958. The van der Waals surface area contributed by atoms with Crippen molar-refractivity contribution in [3.05, 3.63) is 70.2 Å². The molecule has 0 spiro atoms. The van der Waals surface area contributed by atoms with Gasteiger partial charge in [-0.2, -0.15) is 0 Å². The Morgan fingerprint density at radius 1 is 1.04 bits per heavy atom. The molecular formula is C18H17ClF2N2O. The minimum Gasteiger partial charge on any atom is -0.336 e. The smallest absolute Gasteiger partial charge is 0.255 e. The van der Waals surface area contributed by atoms with Crippen LogP contribution in [0.5, 0.6) is 0 Å². The average molecular weight is 351 g/mol. The number of piperazine rings is 1. The zero-order valence-electron chi connectivity index (χ0n) is 13.0. The van der Waals surface area contributed by atoms with Crippen molar-refractivity contribution in [2.45, 2.75) is 6.54 Å². The molecule has 2 aromatic carbocycles. The van der Waals surface area contributed by atoms with Crippen molar-refractivity contribution in [2.24, 2.45) is 0 Å². The number of carbonyl (C=O) groups excluding carboxylic acids is 1. The summed E-state index contributed by atoms with van der Waals surface area (Å²) in [5.74, 6) is -0.883. The molecule has 0 aromatic heterocycles. The lowest BCUT2D eigenvalue weighted by molar-refractivity contribution is 0.0627. The zero-order valence-corrected chi connectivity index (χ0v) is 13.8. The van der Waals surface area contributed by atoms with Crippen molar-refractivity contribution < 1.29 is 13.6 Å². The summed E-state index contributed by atoms with van der Waals surface area (Å²) in [7, 11) is 0. The van der Waals surface area contributed by atoms with Crippen molar-refractivity contribution >= 4 is 17.5 Å². The molecule has 1 aliphatic rings. The van der Waals surface area contributed by atoms with Crippen LogP contribution in [-0.2, 0) is 6.54 Å². The highest BCUT2D eigenvalue weighted by atomic mass is 35.5. The van der Waals surface area contributed by atoms with E-state index in [0.717, 1.165) is 6.07 Å². The number of amides is 1. The first-order chi connectivity index (χ1) is 11.5. The molecular weight excluding hydrogens is 334 g/mol. The molecule has 0 aliphatic carbocycles. The van der Waals surface area contributed by atoms with Crippen molar-refractivity contribution in [3.63, 3.8) is 0 Å². The van der Waals surface area contributed by atoms with Crippen LogP contribution in [0.15, 0.2) is 42.5 Å². The molecule has 0 bridgehead atoms. The summed E-state index contributed by atoms with van der Waals surface area (Å²) in [4.78, 5) is 16.3. The van der Waals surface area contributed by atoms with E-state index in [1.807, 2.05) is 6.07 Å². The molecule has 24 heavy (non-hydrogen) atoms. The molecule has 2 aromatic rings. The van der Waals surface area contributed by atoms with Crippen LogP contribution < -0.4 is 0 Å². The lowest BCUT2D eigenvalue weighted by Crippen LogP contribution is -2.48. The van der Waals surface area contributed by atoms with Gasteiger partial charge in [0.15, 0.2) is 0 Å². The van der Waals surface area contributed by atoms with E-state index in [0.29, 0.717) is 43.9 Å². The standard InChI is InChI=1S/C18H17ClF2N2O/c19-16-11-14(20)5-6-15(16)18(24)23-9-7-22(8-10-23)12-13-3-1-2-4-17(13)21/h1-6,11H,7-10,12H2. The maximum absolute atomic E-state index is 13.7. The van der Waals surface area contributed by atoms with E-state index in [1.54, 1.807) is 17.0 Å². The number of rotatable bonds is 3. The maximum Gasteiger partial charge on any atom is 0.255 e. The van der Waals surface area contributed by atoms with Gasteiger partial charge >= 0.3 is 0 Å². The van der Waals surface area contributed by atoms with Gasteiger partial charge < -0.3 is 4.90 Å². The number of nitrogens with zero attached hydrogens (tertiary/aromatic N) is 2. The molecule has 0 radical (unpaired) electrons. The normalized spacial score (nSPS) is 15.5. The first-order valence-corrected chi connectivity index (χ1v) is 8.12. The van der Waals surface area contributed by atoms with Crippen LogP contribution in [0.4, 0.5) is 8.78 Å². The molecule has 0 unspecified atom stereocenters. The number of hydrogen-bond donors (Lipinski definition) is 0. The molecule has 3 nitrogen and oxygen atoms in total. The van der Waals surface area contributed by atoms with Gasteiger partial charge in [-0.25, -0.2) is 8.78 Å². The van der Waals surface area contributed by atoms with Crippen molar-refractivity contribution in [1.29, 1.82) is 0 Å². The molecule has 126 valence electrons. The van der Waals surface area contributed by atoms with Gasteiger partial charge in [0.25, 0.3) is 5.91 Å². The molecule has 1 fully saturated rings. The first kappa shape index (κ1) is 16.9. The van der Waals surface area contributed by atoms with E-state index in [2.05, 4.69) is 4.90 Å². The molecule has 1 aliphatic heterocycles. The Morgan fingerprint density at radius 3 is 2.42 bits per heavy atom. The molecule has 6 heteroatoms. The quantitative estimate of drug-likeness (QED) is 0.844. The monoisotopic (exact) mass is 350 g/mol. The summed E-state index contributed by atoms with van der Waals surface area (Å²) >= 11 is 5.96. The Morgan fingerprint density at radius 2 is 1.75 bits per heavy atom. The van der Waals surface area contributed by atoms with Gasteiger partial charge in [-0.1, -0.05) is 29.8 Å². The van der Waals surface area contributed by atoms with Gasteiger partial charge in [0.2, 0.25) is 0 Å². The Balaban J connectivity index is 1.60. The predicted molar refractivity (Wildman–Crippen MR) is 89.0 cm³/mol. The minimum absolute atomic E-state index is 0.119. The minimum atomic E-state index is -0.466. The lowest BCUT2D eigenvalue weighted by atomic mass is 10.1. The third kappa shape index (κ3) is 3.74. The molecule has 0 N–H and O–H groups in total. The lowest BCUT2D eigenvalue weighted by Gasteiger charge is -2.35. The van der Waals surface area contributed by atoms with E-state index < -0.39 is 5.82 Å². The number of benzene rings is 2. The topological polar surface area (TPSA) is 23.6 Å². The van der Waals surface area contributed by atoms with Gasteiger partial charge in [-0.3, -0.25) is 9.69 Å². The summed E-state index contributed by atoms with van der Waals surface area (Å²) in [6.45, 7) is 2.88. The summed E-state index contributed by atoms with van der Waals surface area (Å²) in [6, 6.07) is 10.5. The predicted octanol–water partition coefficient (Wildman–Crippen LogP) is 3.58. The van der Waals surface area contributed by atoms with Crippen LogP contribution in [0.1, 0.15) is 15.9 Å². The average Bonchev–Trinajstić information content (AvgIpc) is 2.57.